The monoisotopic (exact) mass is 497 g/mol. The molecule has 1 aliphatic carbocycles. The summed E-state index contributed by atoms with van der Waals surface area (Å²) in [5.41, 5.74) is 3.66. The number of rotatable bonds is 7. The van der Waals surface area contributed by atoms with Crippen LogP contribution in [0.3, 0.4) is 0 Å². The first-order chi connectivity index (χ1) is 16.8. The number of methoxy groups -OCH3 is 1. The summed E-state index contributed by atoms with van der Waals surface area (Å²) in [4.78, 5) is 24.4. The summed E-state index contributed by atoms with van der Waals surface area (Å²) in [5.74, 6) is 1.38. The number of likely N-dealkylation sites (tertiary alicyclic amines) is 1. The molecule has 1 aromatic carbocycles. The first-order valence-corrected chi connectivity index (χ1v) is 13.1. The standard InChI is InChI=1S/C27H35N3O4S/c1-6-15-33-23-21-22(28-24(29-23)35-17-16-32-5)20-10-8-7-9-19(20)18-27(21)11-13-30(14-12-27)25(31)34-26(2,3)4/h6-10H,1,11-18H2,2-5H3. The van der Waals surface area contributed by atoms with E-state index in [0.29, 0.717) is 37.3 Å². The van der Waals surface area contributed by atoms with Crippen molar-refractivity contribution >= 4 is 17.9 Å². The van der Waals surface area contributed by atoms with Gasteiger partial charge in [-0.05, 0) is 45.6 Å². The minimum Gasteiger partial charge on any atom is -0.473 e. The molecule has 7 nitrogen and oxygen atoms in total. The highest BCUT2D eigenvalue weighted by atomic mass is 32.2. The number of fused-ring (bicyclic) bond motifs is 4. The molecule has 0 atom stereocenters. The van der Waals surface area contributed by atoms with E-state index in [4.69, 9.17) is 24.2 Å². The topological polar surface area (TPSA) is 73.8 Å². The number of hydrogen-bond acceptors (Lipinski definition) is 7. The Hall–Kier alpha value is -2.58. The van der Waals surface area contributed by atoms with Crippen molar-refractivity contribution < 1.29 is 19.0 Å². The molecule has 8 heteroatoms. The van der Waals surface area contributed by atoms with Crippen LogP contribution in [0.25, 0.3) is 11.3 Å². The van der Waals surface area contributed by atoms with Gasteiger partial charge in [0.2, 0.25) is 5.88 Å². The van der Waals surface area contributed by atoms with Crippen LogP contribution in [0.1, 0.15) is 44.7 Å². The highest BCUT2D eigenvalue weighted by molar-refractivity contribution is 7.99. The molecule has 35 heavy (non-hydrogen) atoms. The lowest BCUT2D eigenvalue weighted by molar-refractivity contribution is 0.0161. The quantitative estimate of drug-likeness (QED) is 0.223. The van der Waals surface area contributed by atoms with Gasteiger partial charge in [-0.1, -0.05) is 48.7 Å². The average molecular weight is 498 g/mol. The maximum absolute atomic E-state index is 12.7. The van der Waals surface area contributed by atoms with Gasteiger partial charge in [0.1, 0.15) is 12.2 Å². The zero-order valence-corrected chi connectivity index (χ0v) is 22.0. The Labute approximate surface area is 212 Å². The van der Waals surface area contributed by atoms with Gasteiger partial charge < -0.3 is 19.1 Å². The first kappa shape index (κ1) is 25.5. The third kappa shape index (κ3) is 5.64. The highest BCUT2D eigenvalue weighted by Gasteiger charge is 2.46. The third-order valence-corrected chi connectivity index (χ3v) is 7.23. The Morgan fingerprint density at radius 3 is 2.66 bits per heavy atom. The maximum atomic E-state index is 12.7. The summed E-state index contributed by atoms with van der Waals surface area (Å²) in [6, 6.07) is 8.45. The zero-order valence-electron chi connectivity index (χ0n) is 21.1. The Morgan fingerprint density at radius 1 is 1.23 bits per heavy atom. The van der Waals surface area contributed by atoms with E-state index >= 15 is 0 Å². The number of carbonyl (C=O) groups is 1. The van der Waals surface area contributed by atoms with E-state index in [2.05, 4.69) is 30.8 Å². The van der Waals surface area contributed by atoms with Crippen molar-refractivity contribution in [2.45, 2.75) is 56.2 Å². The van der Waals surface area contributed by atoms with Crippen molar-refractivity contribution in [2.75, 3.05) is 39.2 Å². The first-order valence-electron chi connectivity index (χ1n) is 12.1. The van der Waals surface area contributed by atoms with Crippen molar-refractivity contribution in [1.82, 2.24) is 14.9 Å². The summed E-state index contributed by atoms with van der Waals surface area (Å²) in [6.07, 6.45) is 3.92. The zero-order chi connectivity index (χ0) is 25.1. The fourth-order valence-electron chi connectivity index (χ4n) is 4.85. The van der Waals surface area contributed by atoms with Gasteiger partial charge >= 0.3 is 6.09 Å². The molecule has 2 heterocycles. The van der Waals surface area contributed by atoms with E-state index in [-0.39, 0.29) is 11.5 Å². The molecule has 1 spiro atoms. The van der Waals surface area contributed by atoms with E-state index in [1.165, 1.54) is 5.56 Å². The highest BCUT2D eigenvalue weighted by Crippen LogP contribution is 2.51. The lowest BCUT2D eigenvalue weighted by Gasteiger charge is -2.45. The van der Waals surface area contributed by atoms with Gasteiger partial charge in [0, 0.05) is 42.5 Å². The summed E-state index contributed by atoms with van der Waals surface area (Å²) < 4.78 is 17.0. The van der Waals surface area contributed by atoms with Gasteiger partial charge in [-0.3, -0.25) is 0 Å². The minimum atomic E-state index is -0.515. The van der Waals surface area contributed by atoms with Gasteiger partial charge in [0.15, 0.2) is 5.16 Å². The molecular weight excluding hydrogens is 462 g/mol. The number of piperidine rings is 1. The molecule has 1 fully saturated rings. The van der Waals surface area contributed by atoms with Gasteiger partial charge in [0.05, 0.1) is 12.3 Å². The Bertz CT molecular complexity index is 1070. The molecular formula is C27H35N3O4S. The van der Waals surface area contributed by atoms with Gasteiger partial charge in [0.25, 0.3) is 0 Å². The number of aromatic nitrogens is 2. The molecule has 2 aliphatic rings. The van der Waals surface area contributed by atoms with E-state index in [1.54, 1.807) is 24.9 Å². The largest absolute Gasteiger partial charge is 0.473 e. The summed E-state index contributed by atoms with van der Waals surface area (Å²) in [5, 5.41) is 0.679. The van der Waals surface area contributed by atoms with Crippen LogP contribution >= 0.6 is 11.8 Å². The number of benzene rings is 1. The number of ether oxygens (including phenoxy) is 3. The van der Waals surface area contributed by atoms with Gasteiger partial charge in [-0.2, -0.15) is 4.98 Å². The second-order valence-electron chi connectivity index (χ2n) is 10.1. The number of hydrogen-bond donors (Lipinski definition) is 0. The van der Waals surface area contributed by atoms with Crippen molar-refractivity contribution in [2.24, 2.45) is 0 Å². The molecule has 1 aliphatic heterocycles. The fourth-order valence-corrected chi connectivity index (χ4v) is 5.58. The number of thioether (sulfide) groups is 1. The van der Waals surface area contributed by atoms with Crippen molar-refractivity contribution in [3.05, 3.63) is 48.0 Å². The molecule has 0 radical (unpaired) electrons. The van der Waals surface area contributed by atoms with Crippen molar-refractivity contribution in [1.29, 1.82) is 0 Å². The Morgan fingerprint density at radius 2 is 1.97 bits per heavy atom. The Kier molecular flexibility index (Phi) is 7.71. The van der Waals surface area contributed by atoms with Gasteiger partial charge in [-0.25, -0.2) is 9.78 Å². The van der Waals surface area contributed by atoms with Crippen LogP contribution in [-0.2, 0) is 21.3 Å². The number of carbonyl (C=O) groups excluding carboxylic acids is 1. The van der Waals surface area contributed by atoms with Crippen molar-refractivity contribution in [3.8, 4) is 17.1 Å². The average Bonchev–Trinajstić information content (AvgIpc) is 2.82. The van der Waals surface area contributed by atoms with Crippen LogP contribution in [0.15, 0.2) is 42.1 Å². The molecule has 188 valence electrons. The maximum Gasteiger partial charge on any atom is 0.410 e. The molecule has 1 amide bonds. The Balaban J connectivity index is 1.73. The van der Waals surface area contributed by atoms with Gasteiger partial charge in [-0.15, -0.1) is 0 Å². The fraction of sp³-hybridized carbons (Fsp3) is 0.519. The molecule has 4 rings (SSSR count). The lowest BCUT2D eigenvalue weighted by atomic mass is 9.64. The SMILES string of the molecule is C=CCOc1nc(SCCOC)nc2c1C1(CCN(C(=O)OC(C)(C)C)CC1)Cc1ccccc1-2. The summed E-state index contributed by atoms with van der Waals surface area (Å²) in [7, 11) is 1.69. The molecule has 1 aromatic heterocycles. The predicted molar refractivity (Wildman–Crippen MR) is 138 cm³/mol. The molecule has 0 N–H and O–H groups in total. The summed E-state index contributed by atoms with van der Waals surface area (Å²) in [6.45, 7) is 11.7. The van der Waals surface area contributed by atoms with Crippen LogP contribution in [0.2, 0.25) is 0 Å². The van der Waals surface area contributed by atoms with Crippen molar-refractivity contribution in [3.63, 3.8) is 0 Å². The van der Waals surface area contributed by atoms with Crippen LogP contribution < -0.4 is 4.74 Å². The van der Waals surface area contributed by atoms with Crippen LogP contribution in [0.4, 0.5) is 4.79 Å². The second kappa shape index (κ2) is 10.6. The van der Waals surface area contributed by atoms with E-state index < -0.39 is 5.60 Å². The lowest BCUT2D eigenvalue weighted by Crippen LogP contribution is -2.48. The number of nitrogens with zero attached hydrogens (tertiary/aromatic N) is 3. The predicted octanol–water partition coefficient (Wildman–Crippen LogP) is 5.27. The number of amides is 1. The van der Waals surface area contributed by atoms with Crippen LogP contribution in [-0.4, -0.2) is 65.7 Å². The second-order valence-corrected chi connectivity index (χ2v) is 11.1. The smallest absolute Gasteiger partial charge is 0.410 e. The molecule has 2 aromatic rings. The molecule has 1 saturated heterocycles. The molecule has 0 saturated carbocycles. The van der Waals surface area contributed by atoms with E-state index in [0.717, 1.165) is 41.8 Å². The summed E-state index contributed by atoms with van der Waals surface area (Å²) >= 11 is 1.56. The van der Waals surface area contributed by atoms with Crippen LogP contribution in [0.5, 0.6) is 5.88 Å². The van der Waals surface area contributed by atoms with E-state index in [1.807, 2.05) is 25.7 Å². The third-order valence-electron chi connectivity index (χ3n) is 6.42. The normalized spacial score (nSPS) is 16.4. The minimum absolute atomic E-state index is 0.214. The van der Waals surface area contributed by atoms with Crippen LogP contribution in [0, 0.1) is 0 Å². The van der Waals surface area contributed by atoms with E-state index in [9.17, 15) is 4.79 Å². The molecule has 0 unspecified atom stereocenters. The molecule has 0 bridgehead atoms.